The molecular formula is C24H29NO4S. The Kier molecular flexibility index (Phi) is 5.30. The van der Waals surface area contributed by atoms with Crippen molar-refractivity contribution in [3.8, 4) is 5.75 Å². The van der Waals surface area contributed by atoms with Gasteiger partial charge in [-0.05, 0) is 66.6 Å². The van der Waals surface area contributed by atoms with Crippen molar-refractivity contribution in [1.29, 1.82) is 0 Å². The Morgan fingerprint density at radius 3 is 2.57 bits per heavy atom. The molecule has 0 fully saturated rings. The molecule has 1 heterocycles. The van der Waals surface area contributed by atoms with E-state index in [4.69, 9.17) is 9.15 Å². The molecule has 0 aliphatic heterocycles. The third-order valence-electron chi connectivity index (χ3n) is 6.68. The molecule has 1 N–H and O–H groups in total. The van der Waals surface area contributed by atoms with Crippen LogP contribution in [0, 0.1) is 11.3 Å². The zero-order valence-corrected chi connectivity index (χ0v) is 18.8. The number of fused-ring (bicyclic) bond motifs is 3. The molecule has 0 spiro atoms. The number of hydrogen-bond donors (Lipinski definition) is 1. The van der Waals surface area contributed by atoms with Gasteiger partial charge in [-0.2, -0.15) is 0 Å². The van der Waals surface area contributed by atoms with Gasteiger partial charge in [0.25, 0.3) is 10.0 Å². The first-order valence-corrected chi connectivity index (χ1v) is 11.9. The van der Waals surface area contributed by atoms with E-state index in [2.05, 4.69) is 25.5 Å². The SMILES string of the molecule is CCC(C)(C)C1CCc2oc3ccc(NS(=O)(=O)c4ccc(OC)cc4)cc3c2C1. The first-order valence-electron chi connectivity index (χ1n) is 10.4. The van der Waals surface area contributed by atoms with Gasteiger partial charge in [0.05, 0.1) is 12.0 Å². The lowest BCUT2D eigenvalue weighted by Gasteiger charge is -2.36. The predicted molar refractivity (Wildman–Crippen MR) is 120 cm³/mol. The van der Waals surface area contributed by atoms with Crippen molar-refractivity contribution in [3.63, 3.8) is 0 Å². The maximum atomic E-state index is 12.8. The van der Waals surface area contributed by atoms with Gasteiger partial charge in [-0.15, -0.1) is 0 Å². The summed E-state index contributed by atoms with van der Waals surface area (Å²) in [5.41, 5.74) is 2.86. The van der Waals surface area contributed by atoms with Gasteiger partial charge in [-0.1, -0.05) is 27.2 Å². The van der Waals surface area contributed by atoms with Crippen molar-refractivity contribution in [2.75, 3.05) is 11.8 Å². The summed E-state index contributed by atoms with van der Waals surface area (Å²) in [4.78, 5) is 0.197. The number of aryl methyl sites for hydroxylation is 1. The number of ether oxygens (including phenoxy) is 1. The Morgan fingerprint density at radius 1 is 1.17 bits per heavy atom. The number of sulfonamides is 1. The van der Waals surface area contributed by atoms with Gasteiger partial charge >= 0.3 is 0 Å². The molecule has 1 aliphatic carbocycles. The lowest BCUT2D eigenvalue weighted by atomic mass is 9.69. The molecule has 0 radical (unpaired) electrons. The Labute approximate surface area is 178 Å². The van der Waals surface area contributed by atoms with Crippen LogP contribution in [-0.4, -0.2) is 15.5 Å². The molecule has 0 saturated carbocycles. The highest BCUT2D eigenvalue weighted by Gasteiger charge is 2.33. The molecule has 5 nitrogen and oxygen atoms in total. The molecule has 3 aromatic rings. The second-order valence-corrected chi connectivity index (χ2v) is 10.5. The Morgan fingerprint density at radius 2 is 1.90 bits per heavy atom. The lowest BCUT2D eigenvalue weighted by molar-refractivity contribution is 0.179. The van der Waals surface area contributed by atoms with Crippen molar-refractivity contribution >= 4 is 26.7 Å². The monoisotopic (exact) mass is 427 g/mol. The second kappa shape index (κ2) is 7.65. The predicted octanol–water partition coefficient (Wildman–Crippen LogP) is 5.78. The van der Waals surface area contributed by atoms with Gasteiger partial charge in [0.2, 0.25) is 0 Å². The Bertz CT molecular complexity index is 1160. The van der Waals surface area contributed by atoms with Crippen LogP contribution in [0.2, 0.25) is 0 Å². The number of anilines is 1. The first kappa shape index (κ1) is 20.8. The molecule has 30 heavy (non-hydrogen) atoms. The van der Waals surface area contributed by atoms with Crippen LogP contribution in [0.15, 0.2) is 51.8 Å². The third-order valence-corrected chi connectivity index (χ3v) is 8.08. The summed E-state index contributed by atoms with van der Waals surface area (Å²) in [5, 5.41) is 1.01. The molecular weight excluding hydrogens is 398 g/mol. The van der Waals surface area contributed by atoms with Crippen LogP contribution in [0.3, 0.4) is 0 Å². The summed E-state index contributed by atoms with van der Waals surface area (Å²) in [5.74, 6) is 2.25. The van der Waals surface area contributed by atoms with Gasteiger partial charge in [0.15, 0.2) is 0 Å². The summed E-state index contributed by atoms with van der Waals surface area (Å²) < 4.78 is 39.5. The average molecular weight is 428 g/mol. The van der Waals surface area contributed by atoms with Crippen LogP contribution < -0.4 is 9.46 Å². The van der Waals surface area contributed by atoms with E-state index in [1.807, 2.05) is 12.1 Å². The molecule has 2 aromatic carbocycles. The number of nitrogens with one attached hydrogen (secondary N) is 1. The molecule has 0 bridgehead atoms. The van der Waals surface area contributed by atoms with E-state index in [9.17, 15) is 8.42 Å². The third kappa shape index (κ3) is 3.81. The fourth-order valence-electron chi connectivity index (χ4n) is 4.27. The highest BCUT2D eigenvalue weighted by Crippen LogP contribution is 2.43. The van der Waals surface area contributed by atoms with Crippen molar-refractivity contribution < 1.29 is 17.6 Å². The van der Waals surface area contributed by atoms with E-state index >= 15 is 0 Å². The number of furan rings is 1. The molecule has 1 unspecified atom stereocenters. The van der Waals surface area contributed by atoms with E-state index in [1.54, 1.807) is 25.3 Å². The van der Waals surface area contributed by atoms with Crippen molar-refractivity contribution in [1.82, 2.24) is 0 Å². The fourth-order valence-corrected chi connectivity index (χ4v) is 5.32. The van der Waals surface area contributed by atoms with Gasteiger partial charge in [-0.25, -0.2) is 8.42 Å². The summed E-state index contributed by atoms with van der Waals surface area (Å²) in [6, 6.07) is 11.9. The molecule has 1 aromatic heterocycles. The summed E-state index contributed by atoms with van der Waals surface area (Å²) >= 11 is 0. The summed E-state index contributed by atoms with van der Waals surface area (Å²) in [6.45, 7) is 6.91. The number of rotatable bonds is 6. The standard InChI is InChI=1S/C24H29NO4S/c1-5-24(2,3)16-6-12-22-20(14-16)21-15-17(7-13-23(21)29-22)25-30(26,27)19-10-8-18(28-4)9-11-19/h7-11,13,15-16,25H,5-6,12,14H2,1-4H3. The first-order chi connectivity index (χ1) is 14.2. The minimum absolute atomic E-state index is 0.197. The molecule has 1 atom stereocenters. The normalized spacial score (nSPS) is 17.0. The van der Waals surface area contributed by atoms with Crippen LogP contribution in [-0.2, 0) is 22.9 Å². The fraction of sp³-hybridized carbons (Fsp3) is 0.417. The van der Waals surface area contributed by atoms with Gasteiger partial charge in [0.1, 0.15) is 17.1 Å². The minimum atomic E-state index is -3.69. The average Bonchev–Trinajstić information content (AvgIpc) is 3.10. The highest BCUT2D eigenvalue weighted by molar-refractivity contribution is 7.92. The molecule has 6 heteroatoms. The van der Waals surface area contributed by atoms with Gasteiger partial charge < -0.3 is 9.15 Å². The summed E-state index contributed by atoms with van der Waals surface area (Å²) in [6.07, 6.45) is 4.17. The van der Waals surface area contributed by atoms with E-state index in [0.717, 1.165) is 42.4 Å². The van der Waals surface area contributed by atoms with Crippen LogP contribution in [0.1, 0.15) is 44.9 Å². The van der Waals surface area contributed by atoms with Gasteiger partial charge in [-0.3, -0.25) is 4.72 Å². The van der Waals surface area contributed by atoms with Crippen molar-refractivity contribution in [2.45, 2.75) is 51.3 Å². The maximum Gasteiger partial charge on any atom is 0.261 e. The zero-order valence-electron chi connectivity index (χ0n) is 18.0. The zero-order chi connectivity index (χ0) is 21.5. The molecule has 1 aliphatic rings. The quantitative estimate of drug-likeness (QED) is 0.541. The minimum Gasteiger partial charge on any atom is -0.497 e. The molecule has 4 rings (SSSR count). The van der Waals surface area contributed by atoms with Crippen LogP contribution in [0.5, 0.6) is 5.75 Å². The smallest absolute Gasteiger partial charge is 0.261 e. The molecule has 0 amide bonds. The number of methoxy groups -OCH3 is 1. The largest absolute Gasteiger partial charge is 0.497 e. The topological polar surface area (TPSA) is 68.5 Å². The van der Waals surface area contributed by atoms with Crippen LogP contribution in [0.25, 0.3) is 11.0 Å². The van der Waals surface area contributed by atoms with E-state index in [0.29, 0.717) is 17.4 Å². The second-order valence-electron chi connectivity index (χ2n) is 8.78. The van der Waals surface area contributed by atoms with Gasteiger partial charge in [0, 0.05) is 23.1 Å². The van der Waals surface area contributed by atoms with Crippen molar-refractivity contribution in [2.24, 2.45) is 11.3 Å². The highest BCUT2D eigenvalue weighted by atomic mass is 32.2. The van der Waals surface area contributed by atoms with Crippen LogP contribution in [0.4, 0.5) is 5.69 Å². The Hall–Kier alpha value is -2.47. The van der Waals surface area contributed by atoms with Crippen molar-refractivity contribution in [3.05, 3.63) is 53.8 Å². The maximum absolute atomic E-state index is 12.8. The lowest BCUT2D eigenvalue weighted by Crippen LogP contribution is -2.28. The van der Waals surface area contributed by atoms with E-state index < -0.39 is 10.0 Å². The molecule has 160 valence electrons. The van der Waals surface area contributed by atoms with E-state index in [-0.39, 0.29) is 10.3 Å². The number of hydrogen-bond acceptors (Lipinski definition) is 4. The van der Waals surface area contributed by atoms with Crippen LogP contribution >= 0.6 is 0 Å². The van der Waals surface area contributed by atoms with E-state index in [1.165, 1.54) is 17.7 Å². The Balaban J connectivity index is 1.64. The molecule has 0 saturated heterocycles. The number of benzene rings is 2. The summed E-state index contributed by atoms with van der Waals surface area (Å²) in [7, 11) is -2.14.